The molecule has 20 heavy (non-hydrogen) atoms. The number of benzene rings is 1. The zero-order valence-corrected chi connectivity index (χ0v) is 12.9. The first-order valence-electron chi connectivity index (χ1n) is 7.64. The smallest absolute Gasteiger partial charge is 0.0498 e. The second-order valence-corrected chi connectivity index (χ2v) is 6.62. The van der Waals surface area contributed by atoms with E-state index in [9.17, 15) is 0 Å². The topological polar surface area (TPSA) is 32.5 Å². The van der Waals surface area contributed by atoms with Crippen LogP contribution >= 0.6 is 11.6 Å². The van der Waals surface area contributed by atoms with Gasteiger partial charge in [-0.1, -0.05) is 23.7 Å². The maximum Gasteiger partial charge on any atom is 0.0498 e. The summed E-state index contributed by atoms with van der Waals surface area (Å²) in [6.07, 6.45) is 2.68. The quantitative estimate of drug-likeness (QED) is 0.929. The van der Waals surface area contributed by atoms with E-state index in [1.54, 1.807) is 0 Å². The Balaban J connectivity index is 1.80. The fourth-order valence-corrected chi connectivity index (χ4v) is 4.00. The Morgan fingerprint density at radius 1 is 1.30 bits per heavy atom. The monoisotopic (exact) mass is 293 g/mol. The molecular formula is C16H24ClN3. The summed E-state index contributed by atoms with van der Waals surface area (Å²) in [5.74, 6) is 0. The van der Waals surface area contributed by atoms with E-state index in [4.69, 9.17) is 17.3 Å². The number of nitrogens with two attached hydrogens (primary N) is 1. The van der Waals surface area contributed by atoms with E-state index >= 15 is 0 Å². The lowest BCUT2D eigenvalue weighted by Gasteiger charge is -2.43. The third-order valence-corrected chi connectivity index (χ3v) is 4.94. The molecule has 0 amide bonds. The number of fused-ring (bicyclic) bond motifs is 1. The molecule has 0 aromatic heterocycles. The molecule has 0 saturated carbocycles. The fraction of sp³-hybridized carbons (Fsp3) is 0.625. The number of piperazine rings is 1. The van der Waals surface area contributed by atoms with Gasteiger partial charge in [-0.05, 0) is 44.0 Å². The van der Waals surface area contributed by atoms with E-state index in [2.05, 4.69) is 28.9 Å². The summed E-state index contributed by atoms with van der Waals surface area (Å²) >= 11 is 6.15. The molecule has 4 heteroatoms. The van der Waals surface area contributed by atoms with Crippen molar-refractivity contribution in [3.8, 4) is 0 Å². The lowest BCUT2D eigenvalue weighted by Crippen LogP contribution is -2.53. The minimum absolute atomic E-state index is 0.112. The first-order valence-corrected chi connectivity index (χ1v) is 8.02. The molecule has 3 nitrogen and oxygen atoms in total. The molecule has 3 rings (SSSR count). The van der Waals surface area contributed by atoms with Crippen molar-refractivity contribution in [3.63, 3.8) is 0 Å². The largest absolute Gasteiger partial charge is 0.326 e. The van der Waals surface area contributed by atoms with Gasteiger partial charge in [-0.15, -0.1) is 0 Å². The minimum atomic E-state index is 0.112. The van der Waals surface area contributed by atoms with Crippen molar-refractivity contribution in [2.75, 3.05) is 26.2 Å². The van der Waals surface area contributed by atoms with E-state index in [1.807, 2.05) is 12.1 Å². The van der Waals surface area contributed by atoms with Crippen LogP contribution in [0.1, 0.15) is 31.4 Å². The molecule has 110 valence electrons. The molecule has 2 aliphatic rings. The van der Waals surface area contributed by atoms with Gasteiger partial charge in [0.25, 0.3) is 0 Å². The summed E-state index contributed by atoms with van der Waals surface area (Å²) in [6, 6.07) is 9.29. The molecule has 0 bridgehead atoms. The van der Waals surface area contributed by atoms with E-state index in [-0.39, 0.29) is 12.1 Å². The molecular weight excluding hydrogens is 270 g/mol. The summed E-state index contributed by atoms with van der Waals surface area (Å²) < 4.78 is 0. The Kier molecular flexibility index (Phi) is 4.32. The molecule has 3 atom stereocenters. The van der Waals surface area contributed by atoms with E-state index < -0.39 is 0 Å². The van der Waals surface area contributed by atoms with Crippen molar-refractivity contribution >= 4 is 11.6 Å². The third kappa shape index (κ3) is 2.86. The zero-order valence-electron chi connectivity index (χ0n) is 12.1. The van der Waals surface area contributed by atoms with Crippen molar-refractivity contribution in [1.82, 2.24) is 9.80 Å². The first kappa shape index (κ1) is 14.3. The van der Waals surface area contributed by atoms with Crippen molar-refractivity contribution < 1.29 is 0 Å². The Bertz CT molecular complexity index is 463. The molecule has 2 fully saturated rings. The number of rotatable bonds is 3. The van der Waals surface area contributed by atoms with Crippen LogP contribution in [0.25, 0.3) is 0 Å². The fourth-order valence-electron chi connectivity index (χ4n) is 3.81. The van der Waals surface area contributed by atoms with Crippen LogP contribution in [-0.2, 0) is 0 Å². The van der Waals surface area contributed by atoms with Gasteiger partial charge < -0.3 is 5.73 Å². The molecule has 3 unspecified atom stereocenters. The summed E-state index contributed by atoms with van der Waals surface area (Å²) in [6.45, 7) is 6.80. The first-order chi connectivity index (χ1) is 9.65. The van der Waals surface area contributed by atoms with E-state index in [1.165, 1.54) is 31.5 Å². The SMILES string of the molecule is CC(N)C(c1cccc(Cl)c1)N1CCN2CCCC2C1. The highest BCUT2D eigenvalue weighted by Gasteiger charge is 2.35. The molecule has 0 aliphatic carbocycles. The molecule has 2 heterocycles. The molecule has 0 radical (unpaired) electrons. The van der Waals surface area contributed by atoms with Gasteiger partial charge >= 0.3 is 0 Å². The van der Waals surface area contributed by atoms with Gasteiger partial charge in [-0.2, -0.15) is 0 Å². The van der Waals surface area contributed by atoms with Gasteiger partial charge in [0.2, 0.25) is 0 Å². The Labute approximate surface area is 126 Å². The van der Waals surface area contributed by atoms with Crippen LogP contribution in [-0.4, -0.2) is 48.1 Å². The summed E-state index contributed by atoms with van der Waals surface area (Å²) in [4.78, 5) is 5.19. The highest BCUT2D eigenvalue weighted by molar-refractivity contribution is 6.30. The Morgan fingerprint density at radius 2 is 2.15 bits per heavy atom. The lowest BCUT2D eigenvalue weighted by atomic mass is 9.97. The summed E-state index contributed by atoms with van der Waals surface area (Å²) in [7, 11) is 0. The van der Waals surface area contributed by atoms with Gasteiger partial charge in [-0.3, -0.25) is 9.80 Å². The van der Waals surface area contributed by atoms with Crippen LogP contribution in [0.5, 0.6) is 0 Å². The number of hydrogen-bond donors (Lipinski definition) is 1. The maximum absolute atomic E-state index is 6.29. The normalized spacial score (nSPS) is 27.2. The van der Waals surface area contributed by atoms with Crippen LogP contribution in [0.3, 0.4) is 0 Å². The predicted molar refractivity (Wildman–Crippen MR) is 84.0 cm³/mol. The molecule has 1 aromatic carbocycles. The van der Waals surface area contributed by atoms with Crippen LogP contribution in [0.4, 0.5) is 0 Å². The highest BCUT2D eigenvalue weighted by Crippen LogP contribution is 2.30. The van der Waals surface area contributed by atoms with E-state index in [0.717, 1.165) is 24.2 Å². The van der Waals surface area contributed by atoms with Crippen molar-refractivity contribution in [2.45, 2.75) is 37.9 Å². The van der Waals surface area contributed by atoms with Gasteiger partial charge in [0.15, 0.2) is 0 Å². The summed E-state index contributed by atoms with van der Waals surface area (Å²) in [5, 5.41) is 0.799. The number of hydrogen-bond acceptors (Lipinski definition) is 3. The zero-order chi connectivity index (χ0) is 14.1. The van der Waals surface area contributed by atoms with Crippen molar-refractivity contribution in [2.24, 2.45) is 5.73 Å². The molecule has 1 aromatic rings. The maximum atomic E-state index is 6.29. The second-order valence-electron chi connectivity index (χ2n) is 6.19. The van der Waals surface area contributed by atoms with Crippen LogP contribution in [0.2, 0.25) is 5.02 Å². The third-order valence-electron chi connectivity index (χ3n) is 4.70. The second kappa shape index (κ2) is 6.02. The lowest BCUT2D eigenvalue weighted by molar-refractivity contribution is 0.0635. The molecule has 0 spiro atoms. The van der Waals surface area contributed by atoms with Crippen LogP contribution in [0, 0.1) is 0 Å². The Morgan fingerprint density at radius 3 is 2.90 bits per heavy atom. The molecule has 2 N–H and O–H groups in total. The number of halogens is 1. The minimum Gasteiger partial charge on any atom is -0.326 e. The van der Waals surface area contributed by atoms with Crippen LogP contribution in [0.15, 0.2) is 24.3 Å². The average molecular weight is 294 g/mol. The average Bonchev–Trinajstić information content (AvgIpc) is 2.86. The van der Waals surface area contributed by atoms with Crippen molar-refractivity contribution in [1.29, 1.82) is 0 Å². The standard InChI is InChI=1S/C16H24ClN3/c1-12(18)16(13-4-2-5-14(17)10-13)20-9-8-19-7-3-6-15(19)11-20/h2,4-5,10,12,15-16H,3,6-9,11,18H2,1H3. The number of nitrogens with zero attached hydrogens (tertiary/aromatic N) is 2. The summed E-state index contributed by atoms with van der Waals surface area (Å²) in [5.41, 5.74) is 7.54. The van der Waals surface area contributed by atoms with Gasteiger partial charge in [0.1, 0.15) is 0 Å². The Hall–Kier alpha value is -0.610. The predicted octanol–water partition coefficient (Wildman–Crippen LogP) is 2.51. The highest BCUT2D eigenvalue weighted by atomic mass is 35.5. The van der Waals surface area contributed by atoms with Gasteiger partial charge in [0, 0.05) is 42.8 Å². The van der Waals surface area contributed by atoms with Crippen molar-refractivity contribution in [3.05, 3.63) is 34.9 Å². The van der Waals surface area contributed by atoms with Crippen LogP contribution < -0.4 is 5.73 Å². The van der Waals surface area contributed by atoms with E-state index in [0.29, 0.717) is 0 Å². The molecule has 2 saturated heterocycles. The molecule has 2 aliphatic heterocycles. The van der Waals surface area contributed by atoms with Gasteiger partial charge in [0.05, 0.1) is 0 Å². The van der Waals surface area contributed by atoms with Gasteiger partial charge in [-0.25, -0.2) is 0 Å².